The summed E-state index contributed by atoms with van der Waals surface area (Å²) in [5.74, 6) is 2.24. The van der Waals surface area contributed by atoms with Crippen LogP contribution in [0.1, 0.15) is 71.9 Å². The van der Waals surface area contributed by atoms with Crippen LogP contribution >= 0.6 is 0 Å². The van der Waals surface area contributed by atoms with Gasteiger partial charge in [-0.2, -0.15) is 13.1 Å². The minimum atomic E-state index is -3.46. The molecule has 0 radical (unpaired) electrons. The van der Waals surface area contributed by atoms with E-state index in [-0.39, 0.29) is 11.3 Å². The second kappa shape index (κ2) is 12.9. The van der Waals surface area contributed by atoms with Crippen molar-refractivity contribution in [2.24, 2.45) is 0 Å². The van der Waals surface area contributed by atoms with Crippen molar-refractivity contribution < 1.29 is 26.5 Å². The molecule has 1 aliphatic rings. The predicted octanol–water partition coefficient (Wildman–Crippen LogP) is 5.40. The van der Waals surface area contributed by atoms with Gasteiger partial charge in [-0.15, -0.1) is 10.2 Å². The second-order valence-corrected chi connectivity index (χ2v) is 18.7. The van der Waals surface area contributed by atoms with Gasteiger partial charge >= 0.3 is 0 Å². The zero-order valence-corrected chi connectivity index (χ0v) is 27.2. The van der Waals surface area contributed by atoms with Crippen LogP contribution in [0.2, 0.25) is 18.1 Å². The number of aryl methyl sites for hydroxylation is 1. The fourth-order valence-electron chi connectivity index (χ4n) is 4.46. The number of nitrogens with zero attached hydrogens (tertiary/aromatic N) is 5. The Bertz CT molecular complexity index is 1410. The minimum absolute atomic E-state index is 0.0810. The van der Waals surface area contributed by atoms with Gasteiger partial charge in [0.2, 0.25) is 8.32 Å². The molecule has 11 nitrogen and oxygen atoms in total. The van der Waals surface area contributed by atoms with E-state index in [9.17, 15) is 8.42 Å². The molecule has 3 heterocycles. The van der Waals surface area contributed by atoms with Gasteiger partial charge < -0.3 is 13.9 Å². The van der Waals surface area contributed by atoms with Crippen molar-refractivity contribution in [1.29, 1.82) is 0 Å². The smallest absolute Gasteiger partial charge is 0.264 e. The summed E-state index contributed by atoms with van der Waals surface area (Å²) in [6.45, 7) is 14.6. The Morgan fingerprint density at radius 2 is 1.95 bits per heavy atom. The van der Waals surface area contributed by atoms with Gasteiger partial charge in [0.05, 0.1) is 23.3 Å². The number of ether oxygens (including phenoxy) is 2. The summed E-state index contributed by atoms with van der Waals surface area (Å²) in [5, 5.41) is 10.7. The lowest BCUT2D eigenvalue weighted by Gasteiger charge is -2.36. The number of fused-ring (bicyclic) bond motifs is 1. The molecule has 13 heteroatoms. The van der Waals surface area contributed by atoms with Crippen LogP contribution in [0.5, 0.6) is 5.75 Å². The van der Waals surface area contributed by atoms with E-state index in [0.29, 0.717) is 37.7 Å². The highest BCUT2D eigenvalue weighted by molar-refractivity contribution is 7.86. The van der Waals surface area contributed by atoms with E-state index in [1.165, 1.54) is 0 Å². The largest absolute Gasteiger partial charge is 0.543 e. The van der Waals surface area contributed by atoms with E-state index in [0.717, 1.165) is 55.2 Å². The maximum Gasteiger partial charge on any atom is 0.264 e. The van der Waals surface area contributed by atoms with Gasteiger partial charge in [0.15, 0.2) is 17.9 Å². The summed E-state index contributed by atoms with van der Waals surface area (Å²) >= 11 is 0. The second-order valence-electron chi connectivity index (χ2n) is 12.4. The molecule has 3 aromatic rings. The molecule has 2 aromatic heterocycles. The summed E-state index contributed by atoms with van der Waals surface area (Å²) < 4.78 is 49.4. The van der Waals surface area contributed by atoms with Crippen LogP contribution in [0.3, 0.4) is 0 Å². The van der Waals surface area contributed by atoms with Crippen molar-refractivity contribution in [3.05, 3.63) is 30.4 Å². The van der Waals surface area contributed by atoms with E-state index in [2.05, 4.69) is 51.0 Å². The van der Waals surface area contributed by atoms with Crippen molar-refractivity contribution in [2.75, 3.05) is 26.1 Å². The Labute approximate surface area is 244 Å². The number of hydrogen-bond donors (Lipinski definition) is 0. The first-order chi connectivity index (χ1) is 19.2. The normalized spacial score (nSPS) is 17.7. The van der Waals surface area contributed by atoms with Crippen molar-refractivity contribution in [1.82, 2.24) is 24.5 Å². The maximum absolute atomic E-state index is 11.2. The molecular formula is C28H45N5O6SSi. The number of rotatable bonds is 13. The summed E-state index contributed by atoms with van der Waals surface area (Å²) in [6.07, 6.45) is 7.20. The van der Waals surface area contributed by atoms with Crippen LogP contribution in [-0.2, 0) is 30.2 Å². The fourth-order valence-corrected chi connectivity index (χ4v) is 6.18. The van der Waals surface area contributed by atoms with Crippen LogP contribution in [0.25, 0.3) is 16.7 Å². The molecule has 228 valence electrons. The molecule has 0 aliphatic carbocycles. The standard InChI is InChI=1S/C28H45N5O6SSi/c1-21(38-40(5,34)35)15-18-36-16-10-11-25-29-20-32(30-25)27-23-19-22(39-41(6,7)28(2,3)4)13-14-24(23)33(31-27)26-12-8-9-17-37-26/h13-14,19-21,26H,8-12,15-18H2,1-7H3/t21-,26?/m0/s1. The quantitative estimate of drug-likeness (QED) is 0.143. The lowest BCUT2D eigenvalue weighted by Crippen LogP contribution is -2.43. The van der Waals surface area contributed by atoms with Crippen LogP contribution in [0, 0.1) is 0 Å². The van der Waals surface area contributed by atoms with Gasteiger partial charge in [-0.3, -0.25) is 4.18 Å². The van der Waals surface area contributed by atoms with Crippen LogP contribution in [-0.4, -0.2) is 73.5 Å². The fraction of sp³-hybridized carbons (Fsp3) is 0.679. The highest BCUT2D eigenvalue weighted by Gasteiger charge is 2.39. The average molecular weight is 608 g/mol. The van der Waals surface area contributed by atoms with Crippen molar-refractivity contribution in [3.8, 4) is 11.6 Å². The third kappa shape index (κ3) is 8.37. The van der Waals surface area contributed by atoms with E-state index in [1.54, 1.807) is 17.9 Å². The SMILES string of the molecule is C[C@@H](CCOCCCc1ncn(-c2nn(C3CCCCO3)c3ccc(O[Si](C)(C)C(C)(C)C)cc23)n1)OS(C)(=O)=O. The van der Waals surface area contributed by atoms with Gasteiger partial charge in [-0.25, -0.2) is 9.67 Å². The van der Waals surface area contributed by atoms with Gasteiger partial charge in [0.1, 0.15) is 12.1 Å². The molecule has 0 spiro atoms. The molecule has 1 unspecified atom stereocenters. The molecule has 2 atom stereocenters. The summed E-state index contributed by atoms with van der Waals surface area (Å²) in [6, 6.07) is 6.18. The van der Waals surface area contributed by atoms with Gasteiger partial charge in [-0.05, 0) is 75.4 Å². The number of aromatic nitrogens is 5. The molecule has 1 aliphatic heterocycles. The molecule has 0 amide bonds. The van der Waals surface area contributed by atoms with Gasteiger partial charge in [0.25, 0.3) is 10.1 Å². The molecule has 1 aromatic carbocycles. The zero-order chi connectivity index (χ0) is 29.8. The highest BCUT2D eigenvalue weighted by atomic mass is 32.2. The third-order valence-corrected chi connectivity index (χ3v) is 12.8. The highest BCUT2D eigenvalue weighted by Crippen LogP contribution is 2.39. The van der Waals surface area contributed by atoms with Crippen molar-refractivity contribution in [2.45, 2.75) is 96.7 Å². The monoisotopic (exact) mass is 607 g/mol. The number of benzene rings is 1. The van der Waals surface area contributed by atoms with Crippen molar-refractivity contribution >= 4 is 29.3 Å². The van der Waals surface area contributed by atoms with E-state index < -0.39 is 24.5 Å². The zero-order valence-electron chi connectivity index (χ0n) is 25.4. The maximum atomic E-state index is 11.2. The minimum Gasteiger partial charge on any atom is -0.543 e. The number of hydrogen-bond acceptors (Lipinski definition) is 9. The molecule has 4 rings (SSSR count). The lowest BCUT2D eigenvalue weighted by atomic mass is 10.2. The molecule has 0 bridgehead atoms. The predicted molar refractivity (Wildman–Crippen MR) is 160 cm³/mol. The topological polar surface area (TPSA) is 120 Å². The van der Waals surface area contributed by atoms with E-state index in [1.807, 2.05) is 10.7 Å². The van der Waals surface area contributed by atoms with Gasteiger partial charge in [0, 0.05) is 26.2 Å². The molecule has 0 saturated carbocycles. The Morgan fingerprint density at radius 1 is 1.17 bits per heavy atom. The first kappa shape index (κ1) is 31.6. The van der Waals surface area contributed by atoms with Gasteiger partial charge in [-0.1, -0.05) is 20.8 Å². The molecular weight excluding hydrogens is 562 g/mol. The Morgan fingerprint density at radius 3 is 2.63 bits per heavy atom. The lowest BCUT2D eigenvalue weighted by molar-refractivity contribution is -0.0367. The Hall–Kier alpha value is -2.32. The van der Waals surface area contributed by atoms with Crippen LogP contribution in [0.4, 0.5) is 0 Å². The molecule has 0 N–H and O–H groups in total. The van der Waals surface area contributed by atoms with Crippen LogP contribution in [0.15, 0.2) is 24.5 Å². The Kier molecular flexibility index (Phi) is 9.95. The first-order valence-electron chi connectivity index (χ1n) is 14.4. The van der Waals surface area contributed by atoms with Crippen LogP contribution < -0.4 is 4.43 Å². The van der Waals surface area contributed by atoms with E-state index in [4.69, 9.17) is 28.3 Å². The van der Waals surface area contributed by atoms with Crippen molar-refractivity contribution in [3.63, 3.8) is 0 Å². The Balaban J connectivity index is 1.47. The third-order valence-electron chi connectivity index (χ3n) is 7.72. The summed E-state index contributed by atoms with van der Waals surface area (Å²) in [5.41, 5.74) is 0.981. The first-order valence-corrected chi connectivity index (χ1v) is 19.2. The molecule has 1 fully saturated rings. The van der Waals surface area contributed by atoms with E-state index >= 15 is 0 Å². The molecule has 1 saturated heterocycles. The molecule has 41 heavy (non-hydrogen) atoms. The summed E-state index contributed by atoms with van der Waals surface area (Å²) in [7, 11) is -5.48. The average Bonchev–Trinajstić information content (AvgIpc) is 3.49. The summed E-state index contributed by atoms with van der Waals surface area (Å²) in [4.78, 5) is 4.53.